The maximum absolute atomic E-state index is 12.4. The van der Waals surface area contributed by atoms with Gasteiger partial charge in [0, 0.05) is 26.2 Å². The van der Waals surface area contributed by atoms with Crippen LogP contribution in [-0.2, 0) is 9.53 Å². The molecule has 1 unspecified atom stereocenters. The van der Waals surface area contributed by atoms with E-state index in [1.54, 1.807) is 0 Å². The SMILES string of the molecule is O=C(CC1CNCCO1)N1CCC2(CCCCC2)CC1. The Hall–Kier alpha value is -0.610. The summed E-state index contributed by atoms with van der Waals surface area (Å²) in [5, 5.41) is 3.29. The summed E-state index contributed by atoms with van der Waals surface area (Å²) in [6, 6.07) is 0. The monoisotopic (exact) mass is 280 g/mol. The van der Waals surface area contributed by atoms with Gasteiger partial charge in [-0.05, 0) is 31.1 Å². The van der Waals surface area contributed by atoms with Crippen molar-refractivity contribution in [2.75, 3.05) is 32.8 Å². The Labute approximate surface area is 122 Å². The number of morpholine rings is 1. The standard InChI is InChI=1S/C16H28N2O2/c19-15(12-14-13-17-8-11-20-14)18-9-6-16(7-10-18)4-2-1-3-5-16/h14,17H,1-13H2. The van der Waals surface area contributed by atoms with Crippen molar-refractivity contribution in [3.63, 3.8) is 0 Å². The molecule has 0 radical (unpaired) electrons. The van der Waals surface area contributed by atoms with E-state index in [0.717, 1.165) is 32.8 Å². The topological polar surface area (TPSA) is 41.6 Å². The van der Waals surface area contributed by atoms with Crippen LogP contribution in [0.4, 0.5) is 0 Å². The molecule has 1 atom stereocenters. The van der Waals surface area contributed by atoms with E-state index >= 15 is 0 Å². The average molecular weight is 280 g/mol. The van der Waals surface area contributed by atoms with Gasteiger partial charge in [-0.2, -0.15) is 0 Å². The molecule has 3 aliphatic rings. The van der Waals surface area contributed by atoms with Crippen molar-refractivity contribution < 1.29 is 9.53 Å². The van der Waals surface area contributed by atoms with Gasteiger partial charge in [0.1, 0.15) is 0 Å². The molecule has 4 nitrogen and oxygen atoms in total. The Morgan fingerprint density at radius 3 is 2.55 bits per heavy atom. The van der Waals surface area contributed by atoms with Crippen LogP contribution in [0.1, 0.15) is 51.4 Å². The predicted octanol–water partition coefficient (Wildman–Crippen LogP) is 1.94. The lowest BCUT2D eigenvalue weighted by molar-refractivity contribution is -0.137. The molecule has 2 aliphatic heterocycles. The zero-order valence-electron chi connectivity index (χ0n) is 12.5. The van der Waals surface area contributed by atoms with Gasteiger partial charge < -0.3 is 15.0 Å². The van der Waals surface area contributed by atoms with Gasteiger partial charge in [-0.3, -0.25) is 4.79 Å². The zero-order valence-corrected chi connectivity index (χ0v) is 12.5. The Kier molecular flexibility index (Phi) is 4.61. The number of nitrogens with one attached hydrogen (secondary N) is 1. The number of carbonyl (C=O) groups excluding carboxylic acids is 1. The maximum atomic E-state index is 12.4. The summed E-state index contributed by atoms with van der Waals surface area (Å²) in [7, 11) is 0. The molecule has 3 rings (SSSR count). The minimum atomic E-state index is 0.0850. The number of carbonyl (C=O) groups is 1. The first-order valence-corrected chi connectivity index (χ1v) is 8.38. The first kappa shape index (κ1) is 14.3. The van der Waals surface area contributed by atoms with E-state index in [-0.39, 0.29) is 6.10 Å². The van der Waals surface area contributed by atoms with Crippen molar-refractivity contribution in [2.24, 2.45) is 5.41 Å². The molecule has 114 valence electrons. The molecule has 1 N–H and O–H groups in total. The molecule has 0 aromatic rings. The van der Waals surface area contributed by atoms with Crippen LogP contribution in [0.2, 0.25) is 0 Å². The van der Waals surface area contributed by atoms with Crippen LogP contribution in [-0.4, -0.2) is 49.7 Å². The van der Waals surface area contributed by atoms with Crippen molar-refractivity contribution >= 4 is 5.91 Å². The summed E-state index contributed by atoms with van der Waals surface area (Å²) < 4.78 is 5.64. The fourth-order valence-corrected chi connectivity index (χ4v) is 4.11. The Balaban J connectivity index is 1.46. The predicted molar refractivity (Wildman–Crippen MR) is 78.6 cm³/mol. The van der Waals surface area contributed by atoms with Crippen LogP contribution in [0.25, 0.3) is 0 Å². The molecule has 1 spiro atoms. The number of piperidine rings is 1. The average Bonchev–Trinajstić information content (AvgIpc) is 2.50. The number of hydrogen-bond acceptors (Lipinski definition) is 3. The Morgan fingerprint density at radius 2 is 1.90 bits per heavy atom. The molecular formula is C16H28N2O2. The van der Waals surface area contributed by atoms with Crippen LogP contribution in [0.5, 0.6) is 0 Å². The van der Waals surface area contributed by atoms with Gasteiger partial charge in [-0.25, -0.2) is 0 Å². The third-order valence-electron chi connectivity index (χ3n) is 5.50. The highest BCUT2D eigenvalue weighted by Crippen LogP contribution is 2.44. The molecule has 0 aromatic heterocycles. The summed E-state index contributed by atoms with van der Waals surface area (Å²) in [6.45, 7) is 4.42. The summed E-state index contributed by atoms with van der Waals surface area (Å²) >= 11 is 0. The van der Waals surface area contributed by atoms with Crippen molar-refractivity contribution in [1.29, 1.82) is 0 Å². The van der Waals surface area contributed by atoms with Gasteiger partial charge >= 0.3 is 0 Å². The minimum Gasteiger partial charge on any atom is -0.375 e. The Bertz CT molecular complexity index is 323. The first-order chi connectivity index (χ1) is 9.77. The highest BCUT2D eigenvalue weighted by Gasteiger charge is 2.36. The summed E-state index contributed by atoms with van der Waals surface area (Å²) in [5.41, 5.74) is 0.581. The molecule has 0 bridgehead atoms. The quantitative estimate of drug-likeness (QED) is 0.840. The van der Waals surface area contributed by atoms with Gasteiger partial charge in [-0.15, -0.1) is 0 Å². The van der Waals surface area contributed by atoms with Gasteiger partial charge in [0.25, 0.3) is 0 Å². The highest BCUT2D eigenvalue weighted by atomic mass is 16.5. The molecule has 1 amide bonds. The van der Waals surface area contributed by atoms with Crippen molar-refractivity contribution in [1.82, 2.24) is 10.2 Å². The lowest BCUT2D eigenvalue weighted by Crippen LogP contribution is -2.46. The summed E-state index contributed by atoms with van der Waals surface area (Å²) in [4.78, 5) is 14.4. The van der Waals surface area contributed by atoms with E-state index in [1.807, 2.05) is 0 Å². The Morgan fingerprint density at radius 1 is 1.15 bits per heavy atom. The lowest BCUT2D eigenvalue weighted by Gasteiger charge is -2.44. The van der Waals surface area contributed by atoms with E-state index in [4.69, 9.17) is 4.74 Å². The normalized spacial score (nSPS) is 30.4. The molecule has 2 saturated heterocycles. The molecule has 1 aliphatic carbocycles. The zero-order chi connectivity index (χ0) is 13.8. The second-order valence-electron chi connectivity index (χ2n) is 6.84. The van der Waals surface area contributed by atoms with Crippen molar-refractivity contribution in [3.05, 3.63) is 0 Å². The smallest absolute Gasteiger partial charge is 0.225 e. The maximum Gasteiger partial charge on any atom is 0.225 e. The molecular weight excluding hydrogens is 252 g/mol. The van der Waals surface area contributed by atoms with Gasteiger partial charge in [0.05, 0.1) is 19.1 Å². The van der Waals surface area contributed by atoms with Crippen LogP contribution < -0.4 is 5.32 Å². The number of nitrogens with zero attached hydrogens (tertiary/aromatic N) is 1. The van der Waals surface area contributed by atoms with Crippen molar-refractivity contribution in [3.8, 4) is 0 Å². The minimum absolute atomic E-state index is 0.0850. The third-order valence-corrected chi connectivity index (χ3v) is 5.50. The number of hydrogen-bond donors (Lipinski definition) is 1. The molecule has 20 heavy (non-hydrogen) atoms. The number of likely N-dealkylation sites (tertiary alicyclic amines) is 1. The van der Waals surface area contributed by atoms with E-state index < -0.39 is 0 Å². The van der Waals surface area contributed by atoms with Crippen LogP contribution in [0.15, 0.2) is 0 Å². The lowest BCUT2D eigenvalue weighted by atomic mass is 9.68. The largest absolute Gasteiger partial charge is 0.375 e. The highest BCUT2D eigenvalue weighted by molar-refractivity contribution is 5.76. The van der Waals surface area contributed by atoms with Crippen LogP contribution >= 0.6 is 0 Å². The van der Waals surface area contributed by atoms with Crippen LogP contribution in [0, 0.1) is 5.41 Å². The van der Waals surface area contributed by atoms with Crippen LogP contribution in [0.3, 0.4) is 0 Å². The molecule has 0 aromatic carbocycles. The van der Waals surface area contributed by atoms with E-state index in [1.165, 1.54) is 44.9 Å². The second kappa shape index (κ2) is 6.44. The molecule has 2 heterocycles. The fraction of sp³-hybridized carbons (Fsp3) is 0.938. The van der Waals surface area contributed by atoms with Crippen molar-refractivity contribution in [2.45, 2.75) is 57.5 Å². The molecule has 3 fully saturated rings. The summed E-state index contributed by atoms with van der Waals surface area (Å²) in [5.74, 6) is 0.296. The number of amides is 1. The second-order valence-corrected chi connectivity index (χ2v) is 6.84. The van der Waals surface area contributed by atoms with Gasteiger partial charge in [0.15, 0.2) is 0 Å². The van der Waals surface area contributed by atoms with E-state index in [2.05, 4.69) is 10.2 Å². The number of ether oxygens (including phenoxy) is 1. The first-order valence-electron chi connectivity index (χ1n) is 8.38. The fourth-order valence-electron chi connectivity index (χ4n) is 4.11. The van der Waals surface area contributed by atoms with Gasteiger partial charge in [0.2, 0.25) is 5.91 Å². The van der Waals surface area contributed by atoms with E-state index in [9.17, 15) is 4.79 Å². The summed E-state index contributed by atoms with van der Waals surface area (Å²) in [6.07, 6.45) is 10.1. The van der Waals surface area contributed by atoms with E-state index in [0.29, 0.717) is 17.7 Å². The molecule has 4 heteroatoms. The third kappa shape index (κ3) is 3.34. The number of rotatable bonds is 2. The molecule has 1 saturated carbocycles. The van der Waals surface area contributed by atoms with Gasteiger partial charge in [-0.1, -0.05) is 19.3 Å².